The van der Waals surface area contributed by atoms with Gasteiger partial charge >= 0.3 is 0 Å². The van der Waals surface area contributed by atoms with E-state index in [-0.39, 0.29) is 0 Å². The molecule has 2 rings (SSSR count). The Bertz CT molecular complexity index is 529. The molecule has 2 aromatic rings. The average molecular weight is 198 g/mol. The van der Waals surface area contributed by atoms with Gasteiger partial charge < -0.3 is 0 Å². The van der Waals surface area contributed by atoms with Crippen LogP contribution in [0, 0.1) is 0 Å². The SMILES string of the molecule is C[n+]1ccc(/C=C/C=O)c2ccccc21. The van der Waals surface area contributed by atoms with Gasteiger partial charge in [-0.25, -0.2) is 4.57 Å². The van der Waals surface area contributed by atoms with Crippen molar-refractivity contribution in [3.05, 3.63) is 48.2 Å². The van der Waals surface area contributed by atoms with Gasteiger partial charge in [-0.15, -0.1) is 0 Å². The van der Waals surface area contributed by atoms with E-state index in [1.165, 1.54) is 6.08 Å². The van der Waals surface area contributed by atoms with Crippen LogP contribution in [0.4, 0.5) is 0 Å². The number of pyridine rings is 1. The van der Waals surface area contributed by atoms with E-state index in [1.54, 1.807) is 0 Å². The van der Waals surface area contributed by atoms with Crippen LogP contribution in [0.2, 0.25) is 0 Å². The zero-order valence-corrected chi connectivity index (χ0v) is 8.55. The fourth-order valence-electron chi connectivity index (χ4n) is 1.68. The first-order chi connectivity index (χ1) is 7.33. The largest absolute Gasteiger partial charge is 0.299 e. The molecule has 1 heterocycles. The van der Waals surface area contributed by atoms with Crippen molar-refractivity contribution >= 4 is 23.3 Å². The molecule has 15 heavy (non-hydrogen) atoms. The van der Waals surface area contributed by atoms with Crippen LogP contribution in [0.15, 0.2) is 42.6 Å². The van der Waals surface area contributed by atoms with Crippen molar-refractivity contribution < 1.29 is 9.36 Å². The van der Waals surface area contributed by atoms with E-state index in [1.807, 2.05) is 37.5 Å². The summed E-state index contributed by atoms with van der Waals surface area (Å²) in [6, 6.07) is 10.1. The van der Waals surface area contributed by atoms with Gasteiger partial charge in [-0.3, -0.25) is 4.79 Å². The van der Waals surface area contributed by atoms with Crippen LogP contribution in [0.25, 0.3) is 17.0 Å². The van der Waals surface area contributed by atoms with Crippen LogP contribution in [0.1, 0.15) is 5.56 Å². The molecule has 1 aromatic heterocycles. The topological polar surface area (TPSA) is 20.9 Å². The van der Waals surface area contributed by atoms with E-state index in [9.17, 15) is 4.79 Å². The smallest absolute Gasteiger partial charge is 0.212 e. The molecule has 0 saturated carbocycles. The summed E-state index contributed by atoms with van der Waals surface area (Å²) < 4.78 is 2.06. The highest BCUT2D eigenvalue weighted by atomic mass is 16.1. The molecule has 0 unspecified atom stereocenters. The fourth-order valence-corrected chi connectivity index (χ4v) is 1.68. The van der Waals surface area contributed by atoms with Crippen LogP contribution in [-0.2, 0) is 11.8 Å². The molecule has 2 heteroatoms. The number of nitrogens with zero attached hydrogens (tertiary/aromatic N) is 1. The summed E-state index contributed by atoms with van der Waals surface area (Å²) in [5, 5.41) is 1.15. The third-order valence-electron chi connectivity index (χ3n) is 2.43. The van der Waals surface area contributed by atoms with E-state index < -0.39 is 0 Å². The molecule has 74 valence electrons. The number of rotatable bonds is 2. The van der Waals surface area contributed by atoms with Crippen molar-refractivity contribution in [1.29, 1.82) is 0 Å². The Morgan fingerprint density at radius 2 is 2.00 bits per heavy atom. The maximum absolute atomic E-state index is 10.3. The van der Waals surface area contributed by atoms with E-state index in [0.717, 1.165) is 22.8 Å². The number of allylic oxidation sites excluding steroid dienone is 1. The summed E-state index contributed by atoms with van der Waals surface area (Å²) in [4.78, 5) is 10.3. The van der Waals surface area contributed by atoms with Crippen molar-refractivity contribution in [3.8, 4) is 0 Å². The van der Waals surface area contributed by atoms with Crippen molar-refractivity contribution in [2.45, 2.75) is 0 Å². The monoisotopic (exact) mass is 198 g/mol. The Labute approximate surface area is 88.5 Å². The number of carbonyl (C=O) groups is 1. The van der Waals surface area contributed by atoms with Gasteiger partial charge in [0, 0.05) is 12.1 Å². The van der Waals surface area contributed by atoms with Gasteiger partial charge in [0.25, 0.3) is 0 Å². The van der Waals surface area contributed by atoms with Crippen LogP contribution < -0.4 is 4.57 Å². The zero-order chi connectivity index (χ0) is 10.7. The summed E-state index contributed by atoms with van der Waals surface area (Å²) in [7, 11) is 2.01. The normalized spacial score (nSPS) is 11.0. The molecule has 0 aliphatic rings. The minimum atomic E-state index is 0.793. The number of benzene rings is 1. The second-order valence-electron chi connectivity index (χ2n) is 3.39. The lowest BCUT2D eigenvalue weighted by Crippen LogP contribution is -2.28. The van der Waals surface area contributed by atoms with Gasteiger partial charge in [-0.05, 0) is 17.7 Å². The minimum absolute atomic E-state index is 0.793. The molecule has 0 bridgehead atoms. The Kier molecular flexibility index (Phi) is 2.59. The highest BCUT2D eigenvalue weighted by molar-refractivity contribution is 5.88. The molecule has 0 N–H and O–H groups in total. The quantitative estimate of drug-likeness (QED) is 0.410. The van der Waals surface area contributed by atoms with Crippen LogP contribution >= 0.6 is 0 Å². The first-order valence-corrected chi connectivity index (χ1v) is 4.82. The summed E-state index contributed by atoms with van der Waals surface area (Å²) in [6.07, 6.45) is 6.13. The molecule has 0 aliphatic heterocycles. The van der Waals surface area contributed by atoms with Crippen molar-refractivity contribution in [2.24, 2.45) is 7.05 Å². The third-order valence-corrected chi connectivity index (χ3v) is 2.43. The highest BCUT2D eigenvalue weighted by Gasteiger charge is 2.05. The van der Waals surface area contributed by atoms with Crippen molar-refractivity contribution in [3.63, 3.8) is 0 Å². The first-order valence-electron chi connectivity index (χ1n) is 4.82. The second-order valence-corrected chi connectivity index (χ2v) is 3.39. The van der Waals surface area contributed by atoms with E-state index >= 15 is 0 Å². The molecule has 0 amide bonds. The molecule has 0 aliphatic carbocycles. The van der Waals surface area contributed by atoms with Gasteiger partial charge in [0.15, 0.2) is 6.20 Å². The van der Waals surface area contributed by atoms with Gasteiger partial charge in [-0.1, -0.05) is 18.2 Å². The Balaban J connectivity index is 2.71. The number of aryl methyl sites for hydroxylation is 1. The number of para-hydroxylation sites is 1. The lowest BCUT2D eigenvalue weighted by Gasteiger charge is -1.99. The summed E-state index contributed by atoms with van der Waals surface area (Å²) >= 11 is 0. The Morgan fingerprint density at radius 3 is 2.80 bits per heavy atom. The van der Waals surface area contributed by atoms with Gasteiger partial charge in [0.1, 0.15) is 13.3 Å². The molecule has 0 atom stereocenters. The number of hydrogen-bond acceptors (Lipinski definition) is 1. The van der Waals surface area contributed by atoms with Gasteiger partial charge in [-0.2, -0.15) is 0 Å². The van der Waals surface area contributed by atoms with E-state index in [2.05, 4.69) is 16.7 Å². The molecule has 1 aromatic carbocycles. The average Bonchev–Trinajstić information content (AvgIpc) is 2.29. The summed E-state index contributed by atoms with van der Waals surface area (Å²) in [5.74, 6) is 0. The lowest BCUT2D eigenvalue weighted by molar-refractivity contribution is -0.644. The fraction of sp³-hybridized carbons (Fsp3) is 0.0769. The first kappa shape index (κ1) is 9.59. The standard InChI is InChI=1S/C13H12NO/c1-14-9-8-11(5-4-10-15)12-6-2-3-7-13(12)14/h2-10H,1H3/q+1/b5-4+. The molecule has 0 fully saturated rings. The predicted molar refractivity (Wildman–Crippen MR) is 60.2 cm³/mol. The van der Waals surface area contributed by atoms with Crippen LogP contribution in [0.3, 0.4) is 0 Å². The van der Waals surface area contributed by atoms with Crippen molar-refractivity contribution in [2.75, 3.05) is 0 Å². The van der Waals surface area contributed by atoms with E-state index in [4.69, 9.17) is 0 Å². The van der Waals surface area contributed by atoms with Gasteiger partial charge in [0.2, 0.25) is 5.52 Å². The van der Waals surface area contributed by atoms with Crippen molar-refractivity contribution in [1.82, 2.24) is 0 Å². The van der Waals surface area contributed by atoms with E-state index in [0.29, 0.717) is 0 Å². The summed E-state index contributed by atoms with van der Waals surface area (Å²) in [5.41, 5.74) is 2.22. The maximum atomic E-state index is 10.3. The Morgan fingerprint density at radius 1 is 1.20 bits per heavy atom. The number of hydrogen-bond donors (Lipinski definition) is 0. The molecular weight excluding hydrogens is 186 g/mol. The second kappa shape index (κ2) is 4.05. The van der Waals surface area contributed by atoms with Gasteiger partial charge in [0.05, 0.1) is 5.39 Å². The zero-order valence-electron chi connectivity index (χ0n) is 8.55. The van der Waals surface area contributed by atoms with Crippen LogP contribution in [-0.4, -0.2) is 6.29 Å². The summed E-state index contributed by atoms with van der Waals surface area (Å²) in [6.45, 7) is 0. The third kappa shape index (κ3) is 1.79. The number of aldehydes is 1. The number of carbonyl (C=O) groups excluding carboxylic acids is 1. The lowest BCUT2D eigenvalue weighted by atomic mass is 10.1. The minimum Gasteiger partial charge on any atom is -0.299 e. The molecule has 0 radical (unpaired) electrons. The maximum Gasteiger partial charge on any atom is 0.212 e. The predicted octanol–water partition coefficient (Wildman–Crippen LogP) is 1.88. The number of fused-ring (bicyclic) bond motifs is 1. The molecule has 0 saturated heterocycles. The molecular formula is C13H12NO+. The Hall–Kier alpha value is -1.96. The molecule has 0 spiro atoms. The highest BCUT2D eigenvalue weighted by Crippen LogP contribution is 2.15. The molecule has 2 nitrogen and oxygen atoms in total. The van der Waals surface area contributed by atoms with Crippen LogP contribution in [0.5, 0.6) is 0 Å². The number of aromatic nitrogens is 1.